The van der Waals surface area contributed by atoms with Gasteiger partial charge < -0.3 is 5.32 Å². The van der Waals surface area contributed by atoms with Crippen LogP contribution in [-0.2, 0) is 4.79 Å². The van der Waals surface area contributed by atoms with Gasteiger partial charge in [0.2, 0.25) is 5.91 Å². The molecule has 0 aromatic heterocycles. The molecule has 0 spiro atoms. The van der Waals surface area contributed by atoms with Gasteiger partial charge in [-0.3, -0.25) is 9.79 Å². The normalized spacial score (nSPS) is 32.9. The lowest BCUT2D eigenvalue weighted by atomic mass is 9.86. The number of rotatable bonds is 3. The number of carbonyl (C=O) groups excluding carboxylic acids is 1. The van der Waals surface area contributed by atoms with Crippen LogP contribution < -0.4 is 5.32 Å². The van der Waals surface area contributed by atoms with Crippen molar-refractivity contribution >= 4 is 22.8 Å². The molecule has 108 valence electrons. The van der Waals surface area contributed by atoms with Crippen molar-refractivity contribution in [1.82, 2.24) is 5.32 Å². The number of amides is 1. The molecule has 1 N–H and O–H groups in total. The molecule has 2 fully saturated rings. The second-order valence-corrected chi connectivity index (χ2v) is 7.59. The van der Waals surface area contributed by atoms with Gasteiger partial charge in [0.05, 0.1) is 6.54 Å². The number of nitrogens with zero attached hydrogens (tertiary/aromatic N) is 1. The molecule has 0 aromatic carbocycles. The fourth-order valence-electron chi connectivity index (χ4n) is 2.50. The molecule has 1 aliphatic heterocycles. The second-order valence-electron chi connectivity index (χ2n) is 6.15. The van der Waals surface area contributed by atoms with E-state index in [1.807, 2.05) is 20.8 Å². The Hall–Kier alpha value is -0.580. The summed E-state index contributed by atoms with van der Waals surface area (Å²) in [5.74, 6) is 0.210. The molecule has 19 heavy (non-hydrogen) atoms. The van der Waals surface area contributed by atoms with E-state index in [0.29, 0.717) is 18.0 Å². The number of nitrogens with one attached hydrogen (secondary N) is 1. The molecule has 1 amide bonds. The van der Waals surface area contributed by atoms with E-state index in [-0.39, 0.29) is 18.4 Å². The molecular weight excluding hydrogens is 263 g/mol. The summed E-state index contributed by atoms with van der Waals surface area (Å²) in [5, 5.41) is 3.38. The Balaban J connectivity index is 2.00. The lowest BCUT2D eigenvalue weighted by molar-refractivity contribution is -0.122. The Morgan fingerprint density at radius 2 is 2.00 bits per heavy atom. The smallest absolute Gasteiger partial charge is 0.242 e. The van der Waals surface area contributed by atoms with Crippen LogP contribution in [0.1, 0.15) is 52.9 Å². The highest BCUT2D eigenvalue weighted by Crippen LogP contribution is 2.38. The van der Waals surface area contributed by atoms with Gasteiger partial charge in [0, 0.05) is 0 Å². The summed E-state index contributed by atoms with van der Waals surface area (Å²) >= 11 is 1.44. The SMILES string of the molecule is CC(C)[C@]1(C)SC(=NCC2(F)CCCCC2)NC1=O. The second kappa shape index (κ2) is 5.43. The van der Waals surface area contributed by atoms with Gasteiger partial charge >= 0.3 is 0 Å². The van der Waals surface area contributed by atoms with Crippen LogP contribution in [0.5, 0.6) is 0 Å². The van der Waals surface area contributed by atoms with E-state index >= 15 is 0 Å². The van der Waals surface area contributed by atoms with E-state index in [2.05, 4.69) is 10.3 Å². The summed E-state index contributed by atoms with van der Waals surface area (Å²) in [4.78, 5) is 16.3. The van der Waals surface area contributed by atoms with Crippen LogP contribution in [0.25, 0.3) is 0 Å². The monoisotopic (exact) mass is 286 g/mol. The summed E-state index contributed by atoms with van der Waals surface area (Å²) in [6.45, 7) is 6.15. The molecule has 2 aliphatic rings. The minimum atomic E-state index is -1.16. The Bertz CT molecular complexity index is 391. The molecule has 1 aliphatic carbocycles. The van der Waals surface area contributed by atoms with Crippen molar-refractivity contribution in [3.8, 4) is 0 Å². The minimum Gasteiger partial charge on any atom is -0.304 e. The van der Waals surface area contributed by atoms with Crippen molar-refractivity contribution in [3.05, 3.63) is 0 Å². The molecule has 0 aromatic rings. The Kier molecular flexibility index (Phi) is 4.23. The molecule has 3 nitrogen and oxygen atoms in total. The van der Waals surface area contributed by atoms with E-state index in [1.54, 1.807) is 0 Å². The summed E-state index contributed by atoms with van der Waals surface area (Å²) in [5.41, 5.74) is -1.16. The summed E-state index contributed by atoms with van der Waals surface area (Å²) in [6.07, 6.45) is 4.22. The third kappa shape index (κ3) is 3.12. The number of carbonyl (C=O) groups is 1. The number of hydrogen-bond acceptors (Lipinski definition) is 3. The lowest BCUT2D eigenvalue weighted by Crippen LogP contribution is -2.38. The van der Waals surface area contributed by atoms with Crippen molar-refractivity contribution < 1.29 is 9.18 Å². The van der Waals surface area contributed by atoms with E-state index < -0.39 is 10.4 Å². The molecule has 2 rings (SSSR count). The zero-order valence-corrected chi connectivity index (χ0v) is 12.8. The summed E-state index contributed by atoms with van der Waals surface area (Å²) in [6, 6.07) is 0. The van der Waals surface area contributed by atoms with Gasteiger partial charge in [0.15, 0.2) is 5.17 Å². The van der Waals surface area contributed by atoms with Gasteiger partial charge in [0.25, 0.3) is 0 Å². The molecule has 1 heterocycles. The predicted octanol–water partition coefficient (Wildman–Crippen LogP) is 3.29. The number of amidine groups is 1. The Morgan fingerprint density at radius 3 is 2.53 bits per heavy atom. The average Bonchev–Trinajstić information content (AvgIpc) is 2.65. The zero-order chi connectivity index (χ0) is 14.1. The van der Waals surface area contributed by atoms with E-state index in [4.69, 9.17) is 0 Å². The standard InChI is InChI=1S/C14H23FN2OS/c1-10(2)13(3)11(18)17-12(19-13)16-9-14(15)7-5-4-6-8-14/h10H,4-9H2,1-3H3,(H,16,17,18)/t13-/m0/s1. The van der Waals surface area contributed by atoms with Crippen LogP contribution in [0.15, 0.2) is 4.99 Å². The van der Waals surface area contributed by atoms with Crippen LogP contribution in [0.4, 0.5) is 4.39 Å². The predicted molar refractivity (Wildman–Crippen MR) is 78.2 cm³/mol. The van der Waals surface area contributed by atoms with Crippen molar-refractivity contribution in [2.75, 3.05) is 6.54 Å². The van der Waals surface area contributed by atoms with E-state index in [0.717, 1.165) is 19.3 Å². The highest BCUT2D eigenvalue weighted by Gasteiger charge is 2.45. The average molecular weight is 286 g/mol. The first-order chi connectivity index (χ1) is 8.86. The topological polar surface area (TPSA) is 41.5 Å². The molecule has 1 saturated carbocycles. The van der Waals surface area contributed by atoms with Gasteiger partial charge in [0.1, 0.15) is 10.4 Å². The summed E-state index contributed by atoms with van der Waals surface area (Å²) in [7, 11) is 0. The van der Waals surface area contributed by atoms with Crippen molar-refractivity contribution in [1.29, 1.82) is 0 Å². The highest BCUT2D eigenvalue weighted by molar-refractivity contribution is 8.16. The highest BCUT2D eigenvalue weighted by atomic mass is 32.2. The summed E-state index contributed by atoms with van der Waals surface area (Å²) < 4.78 is 14.0. The number of alkyl halides is 1. The number of hydrogen-bond donors (Lipinski definition) is 1. The van der Waals surface area contributed by atoms with Gasteiger partial charge in [-0.05, 0) is 25.7 Å². The van der Waals surface area contributed by atoms with Crippen LogP contribution in [0.2, 0.25) is 0 Å². The van der Waals surface area contributed by atoms with Crippen LogP contribution >= 0.6 is 11.8 Å². The first-order valence-electron chi connectivity index (χ1n) is 7.10. The maximum atomic E-state index is 14.4. The minimum absolute atomic E-state index is 0.0113. The van der Waals surface area contributed by atoms with Gasteiger partial charge in [-0.1, -0.05) is 44.9 Å². The van der Waals surface area contributed by atoms with E-state index in [1.165, 1.54) is 11.8 Å². The molecule has 1 saturated heterocycles. The van der Waals surface area contributed by atoms with Gasteiger partial charge in [-0.2, -0.15) is 0 Å². The van der Waals surface area contributed by atoms with Crippen LogP contribution in [0.3, 0.4) is 0 Å². The molecular formula is C14H23FN2OS. The van der Waals surface area contributed by atoms with Crippen LogP contribution in [0, 0.1) is 5.92 Å². The number of aliphatic imine (C=N–C) groups is 1. The molecule has 0 unspecified atom stereocenters. The first-order valence-corrected chi connectivity index (χ1v) is 7.91. The Morgan fingerprint density at radius 1 is 1.37 bits per heavy atom. The van der Waals surface area contributed by atoms with Crippen molar-refractivity contribution in [3.63, 3.8) is 0 Å². The largest absolute Gasteiger partial charge is 0.304 e. The van der Waals surface area contributed by atoms with E-state index in [9.17, 15) is 9.18 Å². The van der Waals surface area contributed by atoms with Gasteiger partial charge in [-0.15, -0.1) is 0 Å². The fourth-order valence-corrected chi connectivity index (χ4v) is 3.56. The maximum Gasteiger partial charge on any atom is 0.242 e. The Labute approximate surface area is 118 Å². The molecule has 5 heteroatoms. The quantitative estimate of drug-likeness (QED) is 0.865. The van der Waals surface area contributed by atoms with Crippen molar-refractivity contribution in [2.24, 2.45) is 10.9 Å². The third-order valence-corrected chi connectivity index (χ3v) is 5.84. The fraction of sp³-hybridized carbons (Fsp3) is 0.857. The molecule has 1 atom stereocenters. The maximum absolute atomic E-state index is 14.4. The third-order valence-electron chi connectivity index (χ3n) is 4.34. The molecule has 0 radical (unpaired) electrons. The zero-order valence-electron chi connectivity index (χ0n) is 12.0. The van der Waals surface area contributed by atoms with Gasteiger partial charge in [-0.25, -0.2) is 4.39 Å². The lowest BCUT2D eigenvalue weighted by Gasteiger charge is -2.27. The van der Waals surface area contributed by atoms with Crippen LogP contribution in [-0.4, -0.2) is 28.0 Å². The first kappa shape index (κ1) is 14.8. The van der Waals surface area contributed by atoms with Crippen molar-refractivity contribution in [2.45, 2.75) is 63.3 Å². The number of thioether (sulfide) groups is 1. The molecule has 0 bridgehead atoms. The number of halogens is 1.